The highest BCUT2D eigenvalue weighted by Gasteiger charge is 2.32. The van der Waals surface area contributed by atoms with Crippen LogP contribution in [0.5, 0.6) is 0 Å². The second-order valence-electron chi connectivity index (χ2n) is 4.23. The average molecular weight is 186 g/mol. The maximum absolute atomic E-state index is 4.13. The highest BCUT2D eigenvalue weighted by molar-refractivity contribution is 5.53. The van der Waals surface area contributed by atoms with Gasteiger partial charge in [-0.2, -0.15) is 0 Å². The van der Waals surface area contributed by atoms with E-state index in [4.69, 9.17) is 0 Å². The number of nitrogens with zero attached hydrogens (tertiary/aromatic N) is 2. The summed E-state index contributed by atoms with van der Waals surface area (Å²) in [7, 11) is 0. The van der Waals surface area contributed by atoms with E-state index in [1.54, 1.807) is 5.57 Å². The van der Waals surface area contributed by atoms with E-state index >= 15 is 0 Å². The summed E-state index contributed by atoms with van der Waals surface area (Å²) in [6, 6.07) is 4.13. The molecule has 72 valence electrons. The van der Waals surface area contributed by atoms with Crippen LogP contribution in [0.4, 0.5) is 0 Å². The monoisotopic (exact) mass is 186 g/mol. The Morgan fingerprint density at radius 2 is 2.50 bits per heavy atom. The van der Waals surface area contributed by atoms with Crippen molar-refractivity contribution in [2.45, 2.75) is 6.42 Å². The van der Waals surface area contributed by atoms with Crippen molar-refractivity contribution in [1.82, 2.24) is 9.88 Å². The smallest absolute Gasteiger partial charge is 0.0340 e. The van der Waals surface area contributed by atoms with E-state index in [1.807, 2.05) is 18.5 Å². The van der Waals surface area contributed by atoms with Crippen molar-refractivity contribution in [3.8, 4) is 0 Å². The average Bonchev–Trinajstić information content (AvgIpc) is 2.81. The van der Waals surface area contributed by atoms with E-state index in [2.05, 4.69) is 22.0 Å². The first-order chi connectivity index (χ1) is 6.92. The minimum atomic E-state index is 0.829. The van der Waals surface area contributed by atoms with Crippen molar-refractivity contribution in [3.05, 3.63) is 35.7 Å². The number of hydrogen-bond donors (Lipinski definition) is 0. The normalized spacial score (nSPS) is 32.7. The van der Waals surface area contributed by atoms with E-state index in [9.17, 15) is 0 Å². The predicted molar refractivity (Wildman–Crippen MR) is 56.8 cm³/mol. The summed E-state index contributed by atoms with van der Waals surface area (Å²) in [6.07, 6.45) is 7.43. The number of fused-ring (bicyclic) bond motifs is 2. The lowest BCUT2D eigenvalue weighted by atomic mass is 9.97. The number of rotatable bonds is 1. The van der Waals surface area contributed by atoms with Crippen LogP contribution >= 0.6 is 0 Å². The zero-order valence-electron chi connectivity index (χ0n) is 8.19. The van der Waals surface area contributed by atoms with Gasteiger partial charge in [0.15, 0.2) is 0 Å². The highest BCUT2D eigenvalue weighted by atomic mass is 15.2. The highest BCUT2D eigenvalue weighted by Crippen LogP contribution is 2.33. The molecule has 0 amide bonds. The molecule has 14 heavy (non-hydrogen) atoms. The van der Waals surface area contributed by atoms with E-state index < -0.39 is 0 Å². The Bertz CT molecular complexity index is 356. The van der Waals surface area contributed by atoms with E-state index in [1.165, 1.54) is 31.6 Å². The van der Waals surface area contributed by atoms with Gasteiger partial charge in [0.05, 0.1) is 0 Å². The van der Waals surface area contributed by atoms with Crippen LogP contribution in [0.25, 0.3) is 6.08 Å². The Hall–Kier alpha value is -1.15. The number of piperidine rings is 1. The summed E-state index contributed by atoms with van der Waals surface area (Å²) < 4.78 is 0. The third kappa shape index (κ3) is 1.36. The lowest BCUT2D eigenvalue weighted by molar-refractivity contribution is 0.393. The van der Waals surface area contributed by atoms with E-state index in [-0.39, 0.29) is 0 Å². The maximum atomic E-state index is 4.13. The summed E-state index contributed by atoms with van der Waals surface area (Å²) in [6.45, 7) is 3.76. The van der Waals surface area contributed by atoms with Crippen LogP contribution in [0.15, 0.2) is 30.1 Å². The van der Waals surface area contributed by atoms with Crippen molar-refractivity contribution in [1.29, 1.82) is 0 Å². The zero-order chi connectivity index (χ0) is 9.38. The minimum Gasteiger partial charge on any atom is -0.299 e. The molecular weight excluding hydrogens is 172 g/mol. The van der Waals surface area contributed by atoms with E-state index in [0.29, 0.717) is 0 Å². The molecule has 2 aliphatic heterocycles. The Labute approximate surface area is 84.3 Å². The fourth-order valence-corrected chi connectivity index (χ4v) is 2.51. The fourth-order valence-electron chi connectivity index (χ4n) is 2.51. The molecule has 0 aromatic carbocycles. The van der Waals surface area contributed by atoms with Crippen LogP contribution in [0.3, 0.4) is 0 Å². The van der Waals surface area contributed by atoms with Crippen LogP contribution in [0, 0.1) is 5.92 Å². The molecule has 0 N–H and O–H groups in total. The molecule has 2 heteroatoms. The molecule has 1 aromatic heterocycles. The van der Waals surface area contributed by atoms with Gasteiger partial charge < -0.3 is 0 Å². The molecule has 3 rings (SSSR count). The molecule has 2 unspecified atom stereocenters. The first-order valence-corrected chi connectivity index (χ1v) is 5.25. The predicted octanol–water partition coefficient (Wildman–Crippen LogP) is 1.80. The van der Waals surface area contributed by atoms with Crippen molar-refractivity contribution in [2.24, 2.45) is 5.92 Å². The topological polar surface area (TPSA) is 16.1 Å². The van der Waals surface area contributed by atoms with Crippen LogP contribution in [-0.4, -0.2) is 29.5 Å². The van der Waals surface area contributed by atoms with Gasteiger partial charge in [0.1, 0.15) is 0 Å². The van der Waals surface area contributed by atoms with Gasteiger partial charge in [0.25, 0.3) is 0 Å². The number of hydrogen-bond acceptors (Lipinski definition) is 2. The molecule has 3 heterocycles. The van der Waals surface area contributed by atoms with Gasteiger partial charge in [0.2, 0.25) is 0 Å². The Balaban J connectivity index is 1.86. The van der Waals surface area contributed by atoms with Crippen molar-refractivity contribution in [3.63, 3.8) is 0 Å². The summed E-state index contributed by atoms with van der Waals surface area (Å²) in [5.41, 5.74) is 2.85. The minimum absolute atomic E-state index is 0.829. The molecule has 0 saturated carbocycles. The third-order valence-electron chi connectivity index (χ3n) is 3.24. The van der Waals surface area contributed by atoms with Crippen LogP contribution < -0.4 is 0 Å². The Morgan fingerprint density at radius 3 is 3.14 bits per heavy atom. The molecular formula is C12H14N2. The molecule has 2 fully saturated rings. The van der Waals surface area contributed by atoms with Gasteiger partial charge >= 0.3 is 0 Å². The van der Waals surface area contributed by atoms with Gasteiger partial charge in [-0.3, -0.25) is 9.88 Å². The van der Waals surface area contributed by atoms with Crippen molar-refractivity contribution in [2.75, 3.05) is 19.6 Å². The largest absolute Gasteiger partial charge is 0.299 e. The molecule has 0 radical (unpaired) electrons. The second kappa shape index (κ2) is 3.21. The second-order valence-corrected chi connectivity index (χ2v) is 4.23. The number of aromatic nitrogens is 1. The van der Waals surface area contributed by atoms with Gasteiger partial charge in [-0.15, -0.1) is 0 Å². The zero-order valence-corrected chi connectivity index (χ0v) is 8.19. The lowest BCUT2D eigenvalue weighted by Crippen LogP contribution is -2.17. The Morgan fingerprint density at radius 1 is 1.50 bits per heavy atom. The quantitative estimate of drug-likeness (QED) is 0.665. The van der Waals surface area contributed by atoms with Gasteiger partial charge in [-0.1, -0.05) is 17.7 Å². The molecule has 2 aliphatic rings. The van der Waals surface area contributed by atoms with Crippen molar-refractivity contribution < 1.29 is 0 Å². The fraction of sp³-hybridized carbons (Fsp3) is 0.417. The van der Waals surface area contributed by atoms with Crippen LogP contribution in [-0.2, 0) is 0 Å². The van der Waals surface area contributed by atoms with E-state index in [0.717, 1.165) is 5.92 Å². The van der Waals surface area contributed by atoms with Crippen LogP contribution in [0.1, 0.15) is 12.0 Å². The summed E-state index contributed by atoms with van der Waals surface area (Å²) in [4.78, 5) is 6.67. The molecule has 2 bridgehead atoms. The number of pyridine rings is 1. The maximum Gasteiger partial charge on any atom is 0.0340 e. The van der Waals surface area contributed by atoms with Gasteiger partial charge in [-0.25, -0.2) is 0 Å². The molecule has 0 spiro atoms. The first-order valence-electron chi connectivity index (χ1n) is 5.25. The lowest BCUT2D eigenvalue weighted by Gasteiger charge is -2.14. The summed E-state index contributed by atoms with van der Waals surface area (Å²) >= 11 is 0. The van der Waals surface area contributed by atoms with Gasteiger partial charge in [0, 0.05) is 25.5 Å². The first kappa shape index (κ1) is 8.18. The molecule has 0 aliphatic carbocycles. The SMILES string of the molecule is C(=C1CN2CCC1C2)c1cccnc1. The molecule has 2 nitrogen and oxygen atoms in total. The Kier molecular flexibility index (Phi) is 1.88. The van der Waals surface area contributed by atoms with Crippen LogP contribution in [0.2, 0.25) is 0 Å². The molecule has 2 saturated heterocycles. The van der Waals surface area contributed by atoms with Crippen molar-refractivity contribution >= 4 is 6.08 Å². The third-order valence-corrected chi connectivity index (χ3v) is 3.24. The molecule has 2 atom stereocenters. The standard InChI is InChI=1S/C12H14N2/c1-2-10(7-13-4-1)6-12-9-14-5-3-11(12)8-14/h1-2,4,6-7,11H,3,5,8-9H2. The summed E-state index contributed by atoms with van der Waals surface area (Å²) in [5.74, 6) is 0.829. The summed E-state index contributed by atoms with van der Waals surface area (Å²) in [5, 5.41) is 0. The van der Waals surface area contributed by atoms with Gasteiger partial charge in [-0.05, 0) is 30.5 Å². The molecule has 1 aromatic rings.